The average Bonchev–Trinajstić information content (AvgIpc) is 3.74. The van der Waals surface area contributed by atoms with Crippen molar-refractivity contribution in [3.05, 3.63) is 227 Å². The minimum absolute atomic E-state index is 0.845. The molecule has 10 aromatic rings. The van der Waals surface area contributed by atoms with Crippen molar-refractivity contribution in [1.29, 1.82) is 0 Å². The molecule has 0 aliphatic heterocycles. The molecular weight excluding hydrogens is 760 g/mol. The van der Waals surface area contributed by atoms with Crippen LogP contribution in [0.5, 0.6) is 0 Å². The molecule has 0 saturated carbocycles. The third kappa shape index (κ3) is 5.15. The van der Waals surface area contributed by atoms with Crippen LogP contribution in [0, 0.1) is 0 Å². The molecule has 4 heteroatoms. The standard InChI is InChI=1S/C53H35BrN2O/c54-49-28-15-27-48-52(49)43-24-10-13-26-47(43)53(48,57)46-25-12-9-22-41(46)44-34-39(32-35-16-7-8-21-40(35)44)55(36-17-3-1-4-18-36)38-30-31-51-45(33-38)42-23-11-14-29-50(42)56(51)37-19-5-2-6-20-37/h1-34,57H. The van der Waals surface area contributed by atoms with Gasteiger partial charge < -0.3 is 14.6 Å². The largest absolute Gasteiger partial charge is 0.376 e. The lowest BCUT2D eigenvalue weighted by Crippen LogP contribution is -2.27. The van der Waals surface area contributed by atoms with Gasteiger partial charge in [-0.2, -0.15) is 0 Å². The number of rotatable bonds is 6. The Bertz CT molecular complexity index is 3170. The third-order valence-corrected chi connectivity index (χ3v) is 12.3. The van der Waals surface area contributed by atoms with Crippen LogP contribution in [0.1, 0.15) is 16.7 Å². The quantitative estimate of drug-likeness (QED) is 0.182. The molecule has 1 aliphatic carbocycles. The van der Waals surface area contributed by atoms with Crippen molar-refractivity contribution in [2.75, 3.05) is 4.90 Å². The molecule has 1 unspecified atom stereocenters. The highest BCUT2D eigenvalue weighted by molar-refractivity contribution is 9.10. The Morgan fingerprint density at radius 2 is 1.04 bits per heavy atom. The van der Waals surface area contributed by atoms with Gasteiger partial charge in [0.15, 0.2) is 0 Å². The highest BCUT2D eigenvalue weighted by Gasteiger charge is 2.45. The van der Waals surface area contributed by atoms with Crippen molar-refractivity contribution >= 4 is 65.6 Å². The van der Waals surface area contributed by atoms with Crippen LogP contribution in [0.3, 0.4) is 0 Å². The van der Waals surface area contributed by atoms with E-state index in [1.165, 1.54) is 16.3 Å². The second kappa shape index (κ2) is 13.2. The third-order valence-electron chi connectivity index (χ3n) is 11.6. The monoisotopic (exact) mass is 794 g/mol. The van der Waals surface area contributed by atoms with Crippen molar-refractivity contribution in [1.82, 2.24) is 4.57 Å². The van der Waals surface area contributed by atoms with E-state index in [1.807, 2.05) is 24.3 Å². The van der Waals surface area contributed by atoms with Gasteiger partial charge in [0.2, 0.25) is 0 Å². The van der Waals surface area contributed by atoms with Gasteiger partial charge in [0, 0.05) is 60.2 Å². The maximum Gasteiger partial charge on any atom is 0.142 e. The number of hydrogen-bond acceptors (Lipinski definition) is 2. The number of benzene rings is 9. The normalized spacial score (nSPS) is 14.6. The maximum absolute atomic E-state index is 13.3. The number of fused-ring (bicyclic) bond motifs is 7. The Balaban J connectivity index is 1.16. The average molecular weight is 796 g/mol. The second-order valence-corrected chi connectivity index (χ2v) is 15.6. The fourth-order valence-electron chi connectivity index (χ4n) is 9.21. The maximum atomic E-state index is 13.3. The number of nitrogens with zero attached hydrogens (tertiary/aromatic N) is 2. The lowest BCUT2D eigenvalue weighted by Gasteiger charge is -2.30. The number of halogens is 1. The minimum Gasteiger partial charge on any atom is -0.376 e. The summed E-state index contributed by atoms with van der Waals surface area (Å²) in [5.74, 6) is 0. The molecule has 0 saturated heterocycles. The van der Waals surface area contributed by atoms with Crippen LogP contribution in [-0.4, -0.2) is 9.67 Å². The van der Waals surface area contributed by atoms with E-state index in [0.717, 1.165) is 82.5 Å². The number of anilines is 3. The molecule has 270 valence electrons. The van der Waals surface area contributed by atoms with E-state index in [-0.39, 0.29) is 0 Å². The molecule has 3 nitrogen and oxygen atoms in total. The van der Waals surface area contributed by atoms with Gasteiger partial charge in [-0.15, -0.1) is 0 Å². The van der Waals surface area contributed by atoms with Crippen LogP contribution in [0.2, 0.25) is 0 Å². The first-order valence-corrected chi connectivity index (χ1v) is 20.1. The highest BCUT2D eigenvalue weighted by atomic mass is 79.9. The number of aliphatic hydroxyl groups is 1. The zero-order chi connectivity index (χ0) is 38.1. The summed E-state index contributed by atoms with van der Waals surface area (Å²) in [4.78, 5) is 2.36. The first kappa shape index (κ1) is 33.6. The number of hydrogen-bond donors (Lipinski definition) is 1. The first-order chi connectivity index (χ1) is 28.1. The van der Waals surface area contributed by atoms with Crippen LogP contribution in [0.25, 0.3) is 60.5 Å². The molecule has 9 aromatic carbocycles. The van der Waals surface area contributed by atoms with E-state index in [9.17, 15) is 5.11 Å². The first-order valence-electron chi connectivity index (χ1n) is 19.3. The molecule has 0 spiro atoms. The van der Waals surface area contributed by atoms with Crippen molar-refractivity contribution in [3.8, 4) is 27.9 Å². The summed E-state index contributed by atoms with van der Waals surface area (Å²) in [6.45, 7) is 0. The van der Waals surface area contributed by atoms with Crippen LogP contribution >= 0.6 is 15.9 Å². The Morgan fingerprint density at radius 1 is 0.421 bits per heavy atom. The van der Waals surface area contributed by atoms with E-state index in [2.05, 4.69) is 207 Å². The van der Waals surface area contributed by atoms with Gasteiger partial charge in [0.05, 0.1) is 11.0 Å². The topological polar surface area (TPSA) is 28.4 Å². The van der Waals surface area contributed by atoms with Crippen LogP contribution in [0.15, 0.2) is 211 Å². The molecule has 1 N–H and O–H groups in total. The SMILES string of the molecule is OC1(c2ccccc2-c2cc(N(c3ccccc3)c3ccc4c(c3)c3ccccc3n4-c3ccccc3)cc3ccccc23)c2ccccc2-c2c(Br)cccc21. The smallest absolute Gasteiger partial charge is 0.142 e. The number of para-hydroxylation sites is 3. The van der Waals surface area contributed by atoms with Gasteiger partial charge in [0.25, 0.3) is 0 Å². The fourth-order valence-corrected chi connectivity index (χ4v) is 9.79. The van der Waals surface area contributed by atoms with Crippen LogP contribution in [-0.2, 0) is 5.60 Å². The summed E-state index contributed by atoms with van der Waals surface area (Å²) in [5, 5.41) is 17.9. The molecule has 0 fully saturated rings. The van der Waals surface area contributed by atoms with E-state index in [0.29, 0.717) is 0 Å². The Morgan fingerprint density at radius 3 is 1.84 bits per heavy atom. The molecule has 11 rings (SSSR count). The molecule has 1 heterocycles. The van der Waals surface area contributed by atoms with E-state index < -0.39 is 5.60 Å². The summed E-state index contributed by atoms with van der Waals surface area (Å²) in [6.07, 6.45) is 0. The number of aromatic nitrogens is 1. The van der Waals surface area contributed by atoms with Gasteiger partial charge in [-0.1, -0.05) is 155 Å². The van der Waals surface area contributed by atoms with E-state index in [4.69, 9.17) is 0 Å². The van der Waals surface area contributed by atoms with Gasteiger partial charge >= 0.3 is 0 Å². The summed E-state index contributed by atoms with van der Waals surface area (Å²) in [5.41, 5.74) is 11.9. The highest BCUT2D eigenvalue weighted by Crippen LogP contribution is 2.55. The van der Waals surface area contributed by atoms with Gasteiger partial charge in [0.1, 0.15) is 5.60 Å². The van der Waals surface area contributed by atoms with Gasteiger partial charge in [-0.25, -0.2) is 0 Å². The zero-order valence-electron chi connectivity index (χ0n) is 30.8. The summed E-state index contributed by atoms with van der Waals surface area (Å²) < 4.78 is 3.32. The molecular formula is C53H35BrN2O. The van der Waals surface area contributed by atoms with Crippen LogP contribution in [0.4, 0.5) is 17.1 Å². The molecule has 0 amide bonds. The summed E-state index contributed by atoms with van der Waals surface area (Å²) in [6, 6.07) is 72.6. The molecule has 57 heavy (non-hydrogen) atoms. The van der Waals surface area contributed by atoms with E-state index in [1.54, 1.807) is 0 Å². The Hall–Kier alpha value is -6.72. The predicted octanol–water partition coefficient (Wildman–Crippen LogP) is 14.1. The summed E-state index contributed by atoms with van der Waals surface area (Å²) >= 11 is 3.83. The van der Waals surface area contributed by atoms with Gasteiger partial charge in [-0.3, -0.25) is 0 Å². The Labute approximate surface area is 339 Å². The van der Waals surface area contributed by atoms with Crippen molar-refractivity contribution in [2.45, 2.75) is 5.60 Å². The Kier molecular flexibility index (Phi) is 7.78. The molecule has 0 bridgehead atoms. The van der Waals surface area contributed by atoms with E-state index >= 15 is 0 Å². The lowest BCUT2D eigenvalue weighted by molar-refractivity contribution is 0.131. The van der Waals surface area contributed by atoms with Crippen molar-refractivity contribution in [2.24, 2.45) is 0 Å². The zero-order valence-corrected chi connectivity index (χ0v) is 32.4. The molecule has 1 aliphatic rings. The van der Waals surface area contributed by atoms with Crippen molar-refractivity contribution < 1.29 is 5.11 Å². The molecule has 1 atom stereocenters. The molecule has 0 radical (unpaired) electrons. The second-order valence-electron chi connectivity index (χ2n) is 14.7. The van der Waals surface area contributed by atoms with Crippen molar-refractivity contribution in [3.63, 3.8) is 0 Å². The van der Waals surface area contributed by atoms with Gasteiger partial charge in [-0.05, 0) is 94.2 Å². The predicted molar refractivity (Wildman–Crippen MR) is 240 cm³/mol. The molecule has 1 aromatic heterocycles. The fraction of sp³-hybridized carbons (Fsp3) is 0.0189. The minimum atomic E-state index is -1.37. The summed E-state index contributed by atoms with van der Waals surface area (Å²) in [7, 11) is 0. The van der Waals surface area contributed by atoms with Crippen LogP contribution < -0.4 is 4.90 Å². The lowest BCUT2D eigenvalue weighted by atomic mass is 9.79.